The molecule has 1 heterocycles. The Labute approximate surface area is 100 Å². The fourth-order valence-corrected chi connectivity index (χ4v) is 1.69. The van der Waals surface area contributed by atoms with Crippen LogP contribution in [0.2, 0.25) is 0 Å². The second-order valence-electron chi connectivity index (χ2n) is 3.08. The number of hydrogen-bond acceptors (Lipinski definition) is 5. The molecule has 0 bridgehead atoms. The van der Waals surface area contributed by atoms with Gasteiger partial charge in [0.1, 0.15) is 10.6 Å². The SMILES string of the molecule is O=C(Oc1ccccc1)c1cc(C(=O)O)sn1. The van der Waals surface area contributed by atoms with Crippen molar-refractivity contribution in [2.45, 2.75) is 0 Å². The van der Waals surface area contributed by atoms with Crippen LogP contribution in [0, 0.1) is 0 Å². The van der Waals surface area contributed by atoms with Crippen molar-refractivity contribution >= 4 is 23.5 Å². The van der Waals surface area contributed by atoms with Crippen molar-refractivity contribution in [3.8, 4) is 5.75 Å². The van der Waals surface area contributed by atoms with Gasteiger partial charge in [0.2, 0.25) is 0 Å². The molecule has 6 heteroatoms. The van der Waals surface area contributed by atoms with E-state index in [1.165, 1.54) is 6.07 Å². The summed E-state index contributed by atoms with van der Waals surface area (Å²) in [6, 6.07) is 9.70. The zero-order valence-electron chi connectivity index (χ0n) is 8.49. The summed E-state index contributed by atoms with van der Waals surface area (Å²) < 4.78 is 8.73. The lowest BCUT2D eigenvalue weighted by Gasteiger charge is -2.00. The van der Waals surface area contributed by atoms with Crippen LogP contribution >= 0.6 is 11.5 Å². The number of hydrogen-bond donors (Lipinski definition) is 1. The zero-order valence-corrected chi connectivity index (χ0v) is 9.31. The normalized spacial score (nSPS) is 9.88. The minimum absolute atomic E-state index is 0.00347. The molecular formula is C11H7NO4S. The van der Waals surface area contributed by atoms with Crippen LogP contribution in [0.5, 0.6) is 5.75 Å². The Balaban J connectivity index is 2.12. The highest BCUT2D eigenvalue weighted by atomic mass is 32.1. The predicted octanol–water partition coefficient (Wildman–Crippen LogP) is 2.06. The summed E-state index contributed by atoms with van der Waals surface area (Å²) in [6.07, 6.45) is 0. The number of carboxylic acids is 1. The van der Waals surface area contributed by atoms with Crippen molar-refractivity contribution in [2.24, 2.45) is 0 Å². The van der Waals surface area contributed by atoms with E-state index in [9.17, 15) is 9.59 Å². The van der Waals surface area contributed by atoms with Gasteiger partial charge in [0, 0.05) is 0 Å². The standard InChI is InChI=1S/C11H7NO4S/c13-10(14)9-6-8(12-17-9)11(15)16-7-4-2-1-3-5-7/h1-6H,(H,13,14). The van der Waals surface area contributed by atoms with E-state index in [1.54, 1.807) is 30.3 Å². The number of carbonyl (C=O) groups is 2. The van der Waals surface area contributed by atoms with E-state index in [2.05, 4.69) is 4.37 Å². The van der Waals surface area contributed by atoms with Crippen LogP contribution in [0.4, 0.5) is 0 Å². The van der Waals surface area contributed by atoms with Crippen molar-refractivity contribution in [3.05, 3.63) is 47.0 Å². The molecule has 0 aliphatic heterocycles. The van der Waals surface area contributed by atoms with E-state index in [0.717, 1.165) is 11.5 Å². The molecule has 2 rings (SSSR count). The number of carbonyl (C=O) groups excluding carboxylic acids is 1. The number of rotatable bonds is 3. The number of para-hydroxylation sites is 1. The molecule has 0 aliphatic carbocycles. The van der Waals surface area contributed by atoms with Crippen LogP contribution in [0.3, 0.4) is 0 Å². The van der Waals surface area contributed by atoms with Gasteiger partial charge in [0.05, 0.1) is 0 Å². The molecule has 0 radical (unpaired) electrons. The number of benzene rings is 1. The van der Waals surface area contributed by atoms with E-state index in [0.29, 0.717) is 5.75 Å². The topological polar surface area (TPSA) is 76.5 Å². The molecule has 0 spiro atoms. The molecule has 2 aromatic rings. The molecule has 17 heavy (non-hydrogen) atoms. The van der Waals surface area contributed by atoms with Crippen molar-refractivity contribution in [1.29, 1.82) is 0 Å². The summed E-state index contributed by atoms with van der Waals surface area (Å²) in [4.78, 5) is 22.2. The van der Waals surface area contributed by atoms with E-state index in [-0.39, 0.29) is 10.6 Å². The van der Waals surface area contributed by atoms with Gasteiger partial charge in [-0.05, 0) is 29.7 Å². The van der Waals surface area contributed by atoms with Crippen LogP contribution in [0.1, 0.15) is 20.2 Å². The summed E-state index contributed by atoms with van der Waals surface area (Å²) in [6.45, 7) is 0. The number of carboxylic acid groups (broad SMARTS) is 1. The Kier molecular flexibility index (Phi) is 3.15. The third-order valence-corrected chi connectivity index (χ3v) is 2.66. The quantitative estimate of drug-likeness (QED) is 0.665. The second kappa shape index (κ2) is 4.75. The lowest BCUT2D eigenvalue weighted by molar-refractivity contribution is 0.0702. The lowest BCUT2D eigenvalue weighted by atomic mass is 10.3. The molecule has 0 aliphatic rings. The van der Waals surface area contributed by atoms with Crippen molar-refractivity contribution in [2.75, 3.05) is 0 Å². The highest BCUT2D eigenvalue weighted by Crippen LogP contribution is 2.14. The Bertz CT molecular complexity index is 550. The largest absolute Gasteiger partial charge is 0.477 e. The van der Waals surface area contributed by atoms with Gasteiger partial charge in [-0.2, -0.15) is 4.37 Å². The Morgan fingerprint density at radius 1 is 1.24 bits per heavy atom. The van der Waals surface area contributed by atoms with E-state index in [4.69, 9.17) is 9.84 Å². The predicted molar refractivity (Wildman–Crippen MR) is 60.5 cm³/mol. The number of nitrogens with zero attached hydrogens (tertiary/aromatic N) is 1. The maximum Gasteiger partial charge on any atom is 0.363 e. The summed E-state index contributed by atoms with van der Waals surface area (Å²) in [5.41, 5.74) is -0.00347. The highest BCUT2D eigenvalue weighted by Gasteiger charge is 2.16. The maximum atomic E-state index is 11.6. The molecule has 1 aromatic heterocycles. The first-order valence-electron chi connectivity index (χ1n) is 4.64. The van der Waals surface area contributed by atoms with Crippen LogP contribution in [0.15, 0.2) is 36.4 Å². The molecule has 0 fully saturated rings. The van der Waals surface area contributed by atoms with Gasteiger partial charge in [-0.25, -0.2) is 9.59 Å². The van der Waals surface area contributed by atoms with Crippen molar-refractivity contribution < 1.29 is 19.4 Å². The van der Waals surface area contributed by atoms with Crippen LogP contribution in [-0.4, -0.2) is 21.4 Å². The van der Waals surface area contributed by atoms with Gasteiger partial charge in [0.25, 0.3) is 0 Å². The lowest BCUT2D eigenvalue weighted by Crippen LogP contribution is -2.08. The summed E-state index contributed by atoms with van der Waals surface area (Å²) in [7, 11) is 0. The maximum absolute atomic E-state index is 11.6. The zero-order chi connectivity index (χ0) is 12.3. The van der Waals surface area contributed by atoms with E-state index < -0.39 is 11.9 Å². The van der Waals surface area contributed by atoms with E-state index >= 15 is 0 Å². The molecular weight excluding hydrogens is 242 g/mol. The fourth-order valence-electron chi connectivity index (χ4n) is 1.12. The highest BCUT2D eigenvalue weighted by molar-refractivity contribution is 7.08. The number of aromatic nitrogens is 1. The first kappa shape index (κ1) is 11.3. The van der Waals surface area contributed by atoms with Crippen LogP contribution in [0.25, 0.3) is 0 Å². The molecule has 1 aromatic carbocycles. The molecule has 0 unspecified atom stereocenters. The molecule has 0 saturated carbocycles. The van der Waals surface area contributed by atoms with Gasteiger partial charge in [-0.1, -0.05) is 18.2 Å². The Morgan fingerprint density at radius 3 is 2.53 bits per heavy atom. The second-order valence-corrected chi connectivity index (χ2v) is 3.89. The fraction of sp³-hybridized carbons (Fsp3) is 0. The first-order valence-corrected chi connectivity index (χ1v) is 5.41. The smallest absolute Gasteiger partial charge is 0.363 e. The minimum Gasteiger partial charge on any atom is -0.477 e. The third-order valence-electron chi connectivity index (χ3n) is 1.88. The summed E-state index contributed by atoms with van der Waals surface area (Å²) >= 11 is 0.746. The summed E-state index contributed by atoms with van der Waals surface area (Å²) in [5, 5.41) is 8.69. The summed E-state index contributed by atoms with van der Waals surface area (Å²) in [5.74, 6) is -1.39. The third kappa shape index (κ3) is 2.67. The van der Waals surface area contributed by atoms with Gasteiger partial charge in [-0.3, -0.25) is 0 Å². The first-order chi connectivity index (χ1) is 8.16. The van der Waals surface area contributed by atoms with Gasteiger partial charge >= 0.3 is 11.9 Å². The van der Waals surface area contributed by atoms with Gasteiger partial charge < -0.3 is 9.84 Å². The van der Waals surface area contributed by atoms with Crippen molar-refractivity contribution in [1.82, 2.24) is 4.37 Å². The Morgan fingerprint density at radius 2 is 1.94 bits per heavy atom. The van der Waals surface area contributed by atoms with E-state index in [1.807, 2.05) is 0 Å². The average Bonchev–Trinajstić information content (AvgIpc) is 2.79. The number of esters is 1. The number of aromatic carboxylic acids is 1. The van der Waals surface area contributed by atoms with Gasteiger partial charge in [0.15, 0.2) is 5.69 Å². The van der Waals surface area contributed by atoms with Gasteiger partial charge in [-0.15, -0.1) is 0 Å². The molecule has 86 valence electrons. The number of ether oxygens (including phenoxy) is 1. The molecule has 0 amide bonds. The van der Waals surface area contributed by atoms with Crippen LogP contribution < -0.4 is 4.74 Å². The average molecular weight is 249 g/mol. The molecule has 0 atom stereocenters. The molecule has 1 N–H and O–H groups in total. The monoisotopic (exact) mass is 249 g/mol. The molecule has 5 nitrogen and oxygen atoms in total. The van der Waals surface area contributed by atoms with Crippen LogP contribution in [-0.2, 0) is 0 Å². The minimum atomic E-state index is -1.11. The molecule has 0 saturated heterocycles. The Hall–Kier alpha value is -2.21. The van der Waals surface area contributed by atoms with Crippen molar-refractivity contribution in [3.63, 3.8) is 0 Å².